The Bertz CT molecular complexity index is 1110. The van der Waals surface area contributed by atoms with Crippen LogP contribution in [0.1, 0.15) is 27.0 Å². The number of anilines is 2. The molecule has 0 heterocycles. The number of hydrogen-bond acceptors (Lipinski definition) is 5. The van der Waals surface area contributed by atoms with Crippen molar-refractivity contribution in [2.24, 2.45) is 0 Å². The number of rotatable bonds is 5. The molecule has 0 saturated heterocycles. The van der Waals surface area contributed by atoms with Crippen molar-refractivity contribution < 1.29 is 41.4 Å². The molecule has 0 aromatic heterocycles. The Balaban J connectivity index is 0.000000633. The first-order valence-corrected chi connectivity index (χ1v) is 10.4. The molecule has 0 unspecified atom stereocenters. The highest BCUT2D eigenvalue weighted by Gasteiger charge is 2.38. The highest BCUT2D eigenvalue weighted by atomic mass is 32.2. The van der Waals surface area contributed by atoms with Crippen molar-refractivity contribution in [1.29, 1.82) is 0 Å². The molecule has 0 aliphatic carbocycles. The van der Waals surface area contributed by atoms with Crippen molar-refractivity contribution >= 4 is 33.3 Å². The summed E-state index contributed by atoms with van der Waals surface area (Å²) in [6.45, 7) is 5.39. The van der Waals surface area contributed by atoms with E-state index in [1.165, 1.54) is 6.07 Å². The van der Waals surface area contributed by atoms with Gasteiger partial charge in [-0.15, -0.1) is 0 Å². The number of carbonyl (C=O) groups is 2. The largest absolute Gasteiger partial charge is 0.490 e. The van der Waals surface area contributed by atoms with Crippen molar-refractivity contribution in [3.8, 4) is 0 Å². The number of benzene rings is 2. The summed E-state index contributed by atoms with van der Waals surface area (Å²) in [6.07, 6.45) is -5.08. The molecule has 0 atom stereocenters. The molecule has 0 bridgehead atoms. The Kier molecular flexibility index (Phi) is 8.27. The summed E-state index contributed by atoms with van der Waals surface area (Å²) in [7, 11) is -0.370. The van der Waals surface area contributed by atoms with Crippen LogP contribution in [0.5, 0.6) is 0 Å². The van der Waals surface area contributed by atoms with Crippen LogP contribution in [-0.4, -0.2) is 50.8 Å². The average molecular weight is 476 g/mol. The minimum atomic E-state index is -5.08. The van der Waals surface area contributed by atoms with Gasteiger partial charge in [-0.05, 0) is 50.1 Å². The molecule has 32 heavy (non-hydrogen) atoms. The third-order valence-electron chi connectivity index (χ3n) is 4.08. The molecule has 0 aliphatic heterocycles. The summed E-state index contributed by atoms with van der Waals surface area (Å²) in [4.78, 5) is 22.2. The second kappa shape index (κ2) is 9.90. The van der Waals surface area contributed by atoms with E-state index in [9.17, 15) is 31.5 Å². The standard InChI is InChI=1S/C18H22N2O4S.C2HF3O2/c1-11-8-12(2)17(13(3)9-11)25(23,24)19-14-6-7-16(20(4)5)15(10-14)18(21)22;3-2(4,5)1(6)7/h6-10,19H,1-5H3,(H,21,22);(H,6,7). The molecule has 0 radical (unpaired) electrons. The number of carboxylic acid groups (broad SMARTS) is 2. The monoisotopic (exact) mass is 476 g/mol. The van der Waals surface area contributed by atoms with Crippen LogP contribution in [0, 0.1) is 20.8 Å². The van der Waals surface area contributed by atoms with Crippen molar-refractivity contribution in [1.82, 2.24) is 0 Å². The topological polar surface area (TPSA) is 124 Å². The fourth-order valence-electron chi connectivity index (χ4n) is 2.96. The normalized spacial score (nSPS) is 11.2. The number of nitrogens with one attached hydrogen (secondary N) is 1. The van der Waals surface area contributed by atoms with Crippen LogP contribution in [0.25, 0.3) is 0 Å². The summed E-state index contributed by atoms with van der Waals surface area (Å²) in [6, 6.07) is 8.07. The smallest absolute Gasteiger partial charge is 0.478 e. The van der Waals surface area contributed by atoms with E-state index in [0.29, 0.717) is 16.8 Å². The fourth-order valence-corrected chi connectivity index (χ4v) is 4.46. The number of alkyl halides is 3. The summed E-state index contributed by atoms with van der Waals surface area (Å²) in [5, 5.41) is 16.5. The quantitative estimate of drug-likeness (QED) is 0.599. The molecule has 0 fully saturated rings. The van der Waals surface area contributed by atoms with Gasteiger partial charge in [-0.2, -0.15) is 13.2 Å². The summed E-state index contributed by atoms with van der Waals surface area (Å²) < 4.78 is 59.8. The van der Waals surface area contributed by atoms with E-state index in [-0.39, 0.29) is 16.1 Å². The predicted octanol–water partition coefficient (Wildman–Crippen LogP) is 3.81. The summed E-state index contributed by atoms with van der Waals surface area (Å²) >= 11 is 0. The molecule has 0 aliphatic rings. The maximum absolute atomic E-state index is 12.8. The number of aryl methyl sites for hydroxylation is 3. The lowest BCUT2D eigenvalue weighted by Crippen LogP contribution is -2.21. The van der Waals surface area contributed by atoms with E-state index in [2.05, 4.69) is 4.72 Å². The molecular formula is C20H23F3N2O6S. The van der Waals surface area contributed by atoms with Crippen LogP contribution in [0.15, 0.2) is 35.2 Å². The number of aromatic carboxylic acids is 1. The van der Waals surface area contributed by atoms with Gasteiger partial charge in [-0.1, -0.05) is 17.7 Å². The molecular weight excluding hydrogens is 453 g/mol. The molecule has 0 spiro atoms. The van der Waals surface area contributed by atoms with E-state index in [1.807, 2.05) is 6.92 Å². The second-order valence-electron chi connectivity index (χ2n) is 7.07. The number of halogens is 3. The van der Waals surface area contributed by atoms with E-state index in [0.717, 1.165) is 5.56 Å². The van der Waals surface area contributed by atoms with E-state index >= 15 is 0 Å². The number of nitrogens with zero attached hydrogens (tertiary/aromatic N) is 1. The molecule has 0 amide bonds. The molecule has 0 saturated carbocycles. The van der Waals surface area contributed by atoms with Crippen LogP contribution in [0.2, 0.25) is 0 Å². The van der Waals surface area contributed by atoms with Crippen LogP contribution < -0.4 is 9.62 Å². The van der Waals surface area contributed by atoms with E-state index in [1.54, 1.807) is 57.1 Å². The van der Waals surface area contributed by atoms with Gasteiger partial charge in [0.05, 0.1) is 16.1 Å². The maximum Gasteiger partial charge on any atom is 0.490 e. The highest BCUT2D eigenvalue weighted by Crippen LogP contribution is 2.27. The zero-order valence-corrected chi connectivity index (χ0v) is 18.7. The van der Waals surface area contributed by atoms with Crippen molar-refractivity contribution in [3.05, 3.63) is 52.6 Å². The van der Waals surface area contributed by atoms with E-state index < -0.39 is 28.1 Å². The van der Waals surface area contributed by atoms with Gasteiger partial charge in [0.1, 0.15) is 0 Å². The SMILES string of the molecule is Cc1cc(C)c(S(=O)(=O)Nc2ccc(N(C)C)c(C(=O)O)c2)c(C)c1.O=C(O)C(F)(F)F. The first kappa shape index (κ1) is 26.8. The molecule has 2 aromatic carbocycles. The lowest BCUT2D eigenvalue weighted by molar-refractivity contribution is -0.192. The molecule has 176 valence electrons. The Morgan fingerprint density at radius 2 is 1.44 bits per heavy atom. The second-order valence-corrected chi connectivity index (χ2v) is 8.69. The molecule has 2 rings (SSSR count). The van der Waals surface area contributed by atoms with Gasteiger partial charge in [0.2, 0.25) is 0 Å². The van der Waals surface area contributed by atoms with Crippen LogP contribution in [-0.2, 0) is 14.8 Å². The molecule has 2 aromatic rings. The maximum atomic E-state index is 12.8. The molecule has 12 heteroatoms. The Morgan fingerprint density at radius 1 is 0.969 bits per heavy atom. The first-order chi connectivity index (χ1) is 14.5. The van der Waals surface area contributed by atoms with Crippen molar-refractivity contribution in [2.75, 3.05) is 23.7 Å². The lowest BCUT2D eigenvalue weighted by Gasteiger charge is -2.18. The molecule has 3 N–H and O–H groups in total. The fraction of sp³-hybridized carbons (Fsp3) is 0.300. The molecule has 8 nitrogen and oxygen atoms in total. The van der Waals surface area contributed by atoms with Gasteiger partial charge in [0.15, 0.2) is 0 Å². The minimum absolute atomic E-state index is 0.0301. The van der Waals surface area contributed by atoms with Crippen LogP contribution in [0.4, 0.5) is 24.5 Å². The minimum Gasteiger partial charge on any atom is -0.478 e. The van der Waals surface area contributed by atoms with Gasteiger partial charge < -0.3 is 15.1 Å². The van der Waals surface area contributed by atoms with Crippen molar-refractivity contribution in [2.45, 2.75) is 31.8 Å². The van der Waals surface area contributed by atoms with Crippen LogP contribution >= 0.6 is 0 Å². The van der Waals surface area contributed by atoms with E-state index in [4.69, 9.17) is 9.90 Å². The number of carboxylic acids is 2. The third-order valence-corrected chi connectivity index (χ3v) is 5.76. The Hall–Kier alpha value is -3.28. The number of hydrogen-bond donors (Lipinski definition) is 3. The highest BCUT2D eigenvalue weighted by molar-refractivity contribution is 7.92. The Labute approximate surface area is 183 Å². The van der Waals surface area contributed by atoms with Gasteiger partial charge in [-0.3, -0.25) is 4.72 Å². The third kappa shape index (κ3) is 6.87. The van der Waals surface area contributed by atoms with Gasteiger partial charge in [0, 0.05) is 19.8 Å². The summed E-state index contributed by atoms with van der Waals surface area (Å²) in [5.74, 6) is -3.88. The number of sulfonamides is 1. The first-order valence-electron chi connectivity index (χ1n) is 8.92. The van der Waals surface area contributed by atoms with Gasteiger partial charge in [-0.25, -0.2) is 18.0 Å². The summed E-state index contributed by atoms with van der Waals surface area (Å²) in [5.41, 5.74) is 3.02. The van der Waals surface area contributed by atoms with Gasteiger partial charge >= 0.3 is 18.1 Å². The van der Waals surface area contributed by atoms with Crippen molar-refractivity contribution in [3.63, 3.8) is 0 Å². The Morgan fingerprint density at radius 3 is 1.81 bits per heavy atom. The average Bonchev–Trinajstić information content (AvgIpc) is 2.59. The van der Waals surface area contributed by atoms with Crippen LogP contribution in [0.3, 0.4) is 0 Å². The van der Waals surface area contributed by atoms with Gasteiger partial charge in [0.25, 0.3) is 10.0 Å². The number of aliphatic carboxylic acids is 1. The zero-order valence-electron chi connectivity index (χ0n) is 17.9. The zero-order chi connectivity index (χ0) is 25.0. The lowest BCUT2D eigenvalue weighted by atomic mass is 10.1. The predicted molar refractivity (Wildman–Crippen MR) is 113 cm³/mol.